The van der Waals surface area contributed by atoms with Gasteiger partial charge in [0.05, 0.1) is 21.2 Å². The molecule has 0 fully saturated rings. The summed E-state index contributed by atoms with van der Waals surface area (Å²) in [6.07, 6.45) is 0.968. The summed E-state index contributed by atoms with van der Waals surface area (Å²) in [5, 5.41) is -1.28. The molecule has 0 aliphatic heterocycles. The number of halogens is 10. The number of benzene rings is 5. The molecule has 11 heteroatoms. The SMILES string of the molecule is C/C=C/CCc1ccc(-c2cc(F)c(-c3cc(F)c(C(F)(F)Oc4cc(F)c(-c5ccc(Cl)c(F)c5)c(F)c4)c(Cl)c3)c(F)c2)cc1. The third kappa shape index (κ3) is 7.31. The molecule has 0 radical (unpaired) electrons. The van der Waals surface area contributed by atoms with Crippen LogP contribution in [-0.4, -0.2) is 0 Å². The molecule has 0 N–H and O–H groups in total. The fourth-order valence-electron chi connectivity index (χ4n) is 5.03. The molecule has 0 saturated heterocycles. The van der Waals surface area contributed by atoms with Gasteiger partial charge in [-0.1, -0.05) is 65.7 Å². The lowest BCUT2D eigenvalue weighted by Crippen LogP contribution is -2.24. The zero-order chi connectivity index (χ0) is 34.0. The molecule has 0 spiro atoms. The van der Waals surface area contributed by atoms with E-state index in [0.29, 0.717) is 23.8 Å². The Balaban J connectivity index is 1.41. The lowest BCUT2D eigenvalue weighted by atomic mass is 9.97. The molecule has 5 aromatic rings. The van der Waals surface area contributed by atoms with Gasteiger partial charge < -0.3 is 4.74 Å². The minimum atomic E-state index is -4.60. The maximum Gasteiger partial charge on any atom is 0.431 e. The predicted molar refractivity (Wildman–Crippen MR) is 167 cm³/mol. The van der Waals surface area contributed by atoms with Crippen LogP contribution in [0.15, 0.2) is 91.0 Å². The average molecular weight is 693 g/mol. The fraction of sp³-hybridized carbons (Fsp3) is 0.111. The Morgan fingerprint density at radius 2 is 1.13 bits per heavy atom. The van der Waals surface area contributed by atoms with Crippen LogP contribution in [0.2, 0.25) is 10.0 Å². The standard InChI is InChI=1S/C36H22Cl2F8O/c1-2-3-4-5-19-6-8-20(9-7-19)22-14-28(40)34(29(41)15-22)23-12-26(38)35(32(44)16-23)36(45,46)47-24-17-30(42)33(31(43)18-24)21-10-11-25(37)27(39)13-21/h2-3,6-18H,4-5H2,1H3/b3-2+. The van der Waals surface area contributed by atoms with E-state index >= 15 is 22.0 Å². The Kier molecular flexibility index (Phi) is 9.98. The second-order valence-electron chi connectivity index (χ2n) is 10.4. The van der Waals surface area contributed by atoms with E-state index in [0.717, 1.165) is 54.8 Å². The monoisotopic (exact) mass is 692 g/mol. The van der Waals surface area contributed by atoms with E-state index in [-0.39, 0.29) is 16.1 Å². The van der Waals surface area contributed by atoms with E-state index in [1.54, 1.807) is 12.1 Å². The van der Waals surface area contributed by atoms with Crippen LogP contribution in [-0.2, 0) is 12.5 Å². The van der Waals surface area contributed by atoms with Crippen LogP contribution >= 0.6 is 23.2 Å². The molecule has 242 valence electrons. The molecule has 0 amide bonds. The van der Waals surface area contributed by atoms with Crippen molar-refractivity contribution in [3.63, 3.8) is 0 Å². The smallest absolute Gasteiger partial charge is 0.429 e. The van der Waals surface area contributed by atoms with E-state index in [4.69, 9.17) is 23.2 Å². The number of allylic oxidation sites excluding steroid dienone is 2. The van der Waals surface area contributed by atoms with E-state index < -0.39 is 74.0 Å². The molecular formula is C36H22Cl2F8O. The Bertz CT molecular complexity index is 1920. The van der Waals surface area contributed by atoms with E-state index in [9.17, 15) is 13.2 Å². The highest BCUT2D eigenvalue weighted by molar-refractivity contribution is 6.31. The van der Waals surface area contributed by atoms with Gasteiger partial charge in [0.2, 0.25) is 0 Å². The first-order valence-electron chi connectivity index (χ1n) is 14.0. The Labute approximate surface area is 274 Å². The number of hydrogen-bond donors (Lipinski definition) is 0. The first-order chi connectivity index (χ1) is 22.3. The summed E-state index contributed by atoms with van der Waals surface area (Å²) < 4.78 is 124. The number of hydrogen-bond acceptors (Lipinski definition) is 1. The van der Waals surface area contributed by atoms with Crippen LogP contribution in [0.25, 0.3) is 33.4 Å². The Morgan fingerprint density at radius 1 is 0.596 bits per heavy atom. The summed E-state index contributed by atoms with van der Waals surface area (Å²) in [4.78, 5) is 0. The largest absolute Gasteiger partial charge is 0.431 e. The van der Waals surface area contributed by atoms with Gasteiger partial charge in [-0.15, -0.1) is 0 Å². The highest BCUT2D eigenvalue weighted by Gasteiger charge is 2.41. The van der Waals surface area contributed by atoms with Crippen molar-refractivity contribution >= 4 is 23.2 Å². The van der Waals surface area contributed by atoms with Crippen molar-refractivity contribution in [1.82, 2.24) is 0 Å². The first-order valence-corrected chi connectivity index (χ1v) is 14.7. The molecule has 0 unspecified atom stereocenters. The number of ether oxygens (including phenoxy) is 1. The lowest BCUT2D eigenvalue weighted by Gasteiger charge is -2.21. The van der Waals surface area contributed by atoms with Crippen LogP contribution < -0.4 is 4.74 Å². The van der Waals surface area contributed by atoms with Crippen molar-refractivity contribution in [3.05, 3.63) is 147 Å². The highest BCUT2D eigenvalue weighted by atomic mass is 35.5. The summed E-state index contributed by atoms with van der Waals surface area (Å²) in [7, 11) is 0. The maximum absolute atomic E-state index is 15.2. The van der Waals surface area contributed by atoms with E-state index in [1.165, 1.54) is 0 Å². The molecule has 0 atom stereocenters. The first kappa shape index (κ1) is 34.0. The maximum atomic E-state index is 15.2. The molecule has 47 heavy (non-hydrogen) atoms. The molecule has 1 nitrogen and oxygen atoms in total. The second-order valence-corrected chi connectivity index (χ2v) is 11.3. The van der Waals surface area contributed by atoms with Crippen molar-refractivity contribution in [2.24, 2.45) is 0 Å². The van der Waals surface area contributed by atoms with Gasteiger partial charge in [-0.2, -0.15) is 8.78 Å². The molecule has 0 aromatic heterocycles. The van der Waals surface area contributed by atoms with E-state index in [2.05, 4.69) is 4.74 Å². The highest BCUT2D eigenvalue weighted by Crippen LogP contribution is 2.42. The summed E-state index contributed by atoms with van der Waals surface area (Å²) in [5.41, 5.74) is -2.03. The average Bonchev–Trinajstić information content (AvgIpc) is 2.98. The van der Waals surface area contributed by atoms with Gasteiger partial charge in [-0.3, -0.25) is 0 Å². The van der Waals surface area contributed by atoms with Crippen LogP contribution in [0.1, 0.15) is 24.5 Å². The van der Waals surface area contributed by atoms with Gasteiger partial charge in [0.1, 0.15) is 46.2 Å². The minimum absolute atomic E-state index is 0.193. The van der Waals surface area contributed by atoms with Crippen LogP contribution in [0, 0.1) is 34.9 Å². The number of aryl methyl sites for hydroxylation is 1. The molecular weight excluding hydrogens is 671 g/mol. The van der Waals surface area contributed by atoms with Crippen LogP contribution in [0.4, 0.5) is 35.1 Å². The van der Waals surface area contributed by atoms with Crippen molar-refractivity contribution in [2.75, 3.05) is 0 Å². The predicted octanol–water partition coefficient (Wildman–Crippen LogP) is 12.5. The molecule has 0 saturated carbocycles. The zero-order valence-corrected chi connectivity index (χ0v) is 25.8. The molecule has 0 aliphatic rings. The van der Waals surface area contributed by atoms with Gasteiger partial charge in [-0.05, 0) is 84.0 Å². The summed E-state index contributed by atoms with van der Waals surface area (Å²) >= 11 is 11.6. The van der Waals surface area contributed by atoms with E-state index in [1.807, 2.05) is 31.2 Å². The van der Waals surface area contributed by atoms with Crippen molar-refractivity contribution in [3.8, 4) is 39.1 Å². The van der Waals surface area contributed by atoms with Gasteiger partial charge >= 0.3 is 6.11 Å². The molecule has 0 aliphatic carbocycles. The summed E-state index contributed by atoms with van der Waals surface area (Å²) in [6.45, 7) is 1.92. The topological polar surface area (TPSA) is 9.23 Å². The van der Waals surface area contributed by atoms with Gasteiger partial charge in [-0.25, -0.2) is 26.3 Å². The van der Waals surface area contributed by atoms with Crippen molar-refractivity contribution in [2.45, 2.75) is 25.9 Å². The zero-order valence-electron chi connectivity index (χ0n) is 24.3. The lowest BCUT2D eigenvalue weighted by molar-refractivity contribution is -0.187. The normalized spacial score (nSPS) is 11.8. The third-order valence-corrected chi connectivity index (χ3v) is 7.86. The molecule has 0 bridgehead atoms. The quantitative estimate of drug-likeness (QED) is 0.110. The van der Waals surface area contributed by atoms with Crippen molar-refractivity contribution in [1.29, 1.82) is 0 Å². The van der Waals surface area contributed by atoms with Gasteiger partial charge in [0.25, 0.3) is 0 Å². The molecule has 5 rings (SSSR count). The van der Waals surface area contributed by atoms with Crippen LogP contribution in [0.5, 0.6) is 5.75 Å². The number of rotatable bonds is 9. The van der Waals surface area contributed by atoms with Crippen LogP contribution in [0.3, 0.4) is 0 Å². The van der Waals surface area contributed by atoms with Crippen molar-refractivity contribution < 1.29 is 39.9 Å². The van der Waals surface area contributed by atoms with Gasteiger partial charge in [0, 0.05) is 12.1 Å². The minimum Gasteiger partial charge on any atom is -0.429 e. The fourth-order valence-corrected chi connectivity index (χ4v) is 5.46. The molecule has 5 aromatic carbocycles. The third-order valence-electron chi connectivity index (χ3n) is 7.26. The van der Waals surface area contributed by atoms with Gasteiger partial charge in [0.15, 0.2) is 0 Å². The summed E-state index contributed by atoms with van der Waals surface area (Å²) in [5.74, 6) is -8.72. The summed E-state index contributed by atoms with van der Waals surface area (Å²) in [6, 6.07) is 14.0. The molecule has 0 heterocycles. The Hall–Kier alpha value is -4.34. The second kappa shape index (κ2) is 13.8. The Morgan fingerprint density at radius 3 is 1.70 bits per heavy atom. The number of alkyl halides is 2.